The molecule has 16 heavy (non-hydrogen) atoms. The second-order valence-electron chi connectivity index (χ2n) is 4.20. The Balaban J connectivity index is 1.92. The molecule has 2 heterocycles. The normalized spacial score (nSPS) is 26.6. The molecular formula is C9H16N6O. The first kappa shape index (κ1) is 11.0. The van der Waals surface area contributed by atoms with Gasteiger partial charge in [-0.2, -0.15) is 5.21 Å². The molecule has 0 saturated carbocycles. The van der Waals surface area contributed by atoms with Gasteiger partial charge in [-0.15, -0.1) is 10.2 Å². The Morgan fingerprint density at radius 3 is 3.00 bits per heavy atom. The summed E-state index contributed by atoms with van der Waals surface area (Å²) in [7, 11) is 0. The van der Waals surface area contributed by atoms with E-state index in [1.165, 1.54) is 0 Å². The molecule has 3 atom stereocenters. The minimum atomic E-state index is -0.221. The Bertz CT molecular complexity index is 351. The van der Waals surface area contributed by atoms with Crippen LogP contribution in [-0.4, -0.2) is 39.1 Å². The highest BCUT2D eigenvalue weighted by molar-refractivity contribution is 5.82. The van der Waals surface area contributed by atoms with Crippen LogP contribution in [0.2, 0.25) is 0 Å². The molecule has 0 spiro atoms. The van der Waals surface area contributed by atoms with Crippen molar-refractivity contribution >= 4 is 5.91 Å². The molecule has 1 aromatic heterocycles. The van der Waals surface area contributed by atoms with E-state index in [1.54, 1.807) is 0 Å². The highest BCUT2D eigenvalue weighted by Gasteiger charge is 2.30. The Hall–Kier alpha value is -1.50. The van der Waals surface area contributed by atoms with Crippen molar-refractivity contribution in [2.24, 2.45) is 5.92 Å². The number of carbonyl (C=O) groups excluding carboxylic acids is 1. The molecule has 3 unspecified atom stereocenters. The van der Waals surface area contributed by atoms with Crippen molar-refractivity contribution in [1.29, 1.82) is 0 Å². The van der Waals surface area contributed by atoms with Crippen LogP contribution in [0.3, 0.4) is 0 Å². The number of nitrogens with zero attached hydrogens (tertiary/aromatic N) is 3. The molecular weight excluding hydrogens is 208 g/mol. The first-order valence-corrected chi connectivity index (χ1v) is 5.45. The third-order valence-electron chi connectivity index (χ3n) is 2.92. The van der Waals surface area contributed by atoms with E-state index in [1.807, 2.05) is 6.92 Å². The van der Waals surface area contributed by atoms with E-state index in [-0.39, 0.29) is 18.0 Å². The quantitative estimate of drug-likeness (QED) is 0.635. The Kier molecular flexibility index (Phi) is 3.14. The van der Waals surface area contributed by atoms with Gasteiger partial charge in [0.2, 0.25) is 5.91 Å². The predicted molar refractivity (Wildman–Crippen MR) is 56.3 cm³/mol. The van der Waals surface area contributed by atoms with E-state index in [2.05, 4.69) is 38.2 Å². The third kappa shape index (κ3) is 2.19. The summed E-state index contributed by atoms with van der Waals surface area (Å²) in [5.74, 6) is 0.874. The van der Waals surface area contributed by atoms with E-state index in [9.17, 15) is 4.79 Å². The monoisotopic (exact) mass is 224 g/mol. The Labute approximate surface area is 93.4 Å². The highest BCUT2D eigenvalue weighted by atomic mass is 16.2. The van der Waals surface area contributed by atoms with Crippen molar-refractivity contribution in [3.63, 3.8) is 0 Å². The first-order valence-electron chi connectivity index (χ1n) is 5.45. The SMILES string of the molecule is CC(NC(=O)C1NCCC1C)c1nn[nH]n1. The summed E-state index contributed by atoms with van der Waals surface area (Å²) >= 11 is 0. The van der Waals surface area contributed by atoms with Crippen molar-refractivity contribution in [3.05, 3.63) is 5.82 Å². The van der Waals surface area contributed by atoms with Crippen LogP contribution >= 0.6 is 0 Å². The molecule has 1 amide bonds. The van der Waals surface area contributed by atoms with Crippen LogP contribution in [0.5, 0.6) is 0 Å². The number of carbonyl (C=O) groups is 1. The zero-order chi connectivity index (χ0) is 11.5. The van der Waals surface area contributed by atoms with Gasteiger partial charge in [-0.1, -0.05) is 12.1 Å². The average Bonchev–Trinajstić information content (AvgIpc) is 2.86. The van der Waals surface area contributed by atoms with Crippen LogP contribution in [0.15, 0.2) is 0 Å². The van der Waals surface area contributed by atoms with Gasteiger partial charge < -0.3 is 10.6 Å². The minimum absolute atomic E-state index is 0.00213. The summed E-state index contributed by atoms with van der Waals surface area (Å²) in [6.07, 6.45) is 1.04. The summed E-state index contributed by atoms with van der Waals surface area (Å²) in [4.78, 5) is 11.9. The van der Waals surface area contributed by atoms with Gasteiger partial charge in [-0.25, -0.2) is 0 Å². The fourth-order valence-corrected chi connectivity index (χ4v) is 1.91. The molecule has 3 N–H and O–H groups in total. The molecule has 0 aromatic carbocycles. The number of aromatic amines is 1. The van der Waals surface area contributed by atoms with Gasteiger partial charge in [0.1, 0.15) is 0 Å². The van der Waals surface area contributed by atoms with Crippen LogP contribution in [0.1, 0.15) is 32.1 Å². The average molecular weight is 224 g/mol. The lowest BCUT2D eigenvalue weighted by Gasteiger charge is -2.17. The fraction of sp³-hybridized carbons (Fsp3) is 0.778. The second-order valence-corrected chi connectivity index (χ2v) is 4.20. The van der Waals surface area contributed by atoms with Crippen molar-refractivity contribution in [3.8, 4) is 0 Å². The first-order chi connectivity index (χ1) is 7.68. The zero-order valence-electron chi connectivity index (χ0n) is 9.40. The maximum absolute atomic E-state index is 11.9. The van der Waals surface area contributed by atoms with E-state index < -0.39 is 0 Å². The van der Waals surface area contributed by atoms with Crippen molar-refractivity contribution in [2.45, 2.75) is 32.4 Å². The zero-order valence-corrected chi connectivity index (χ0v) is 9.40. The number of H-pyrrole nitrogens is 1. The van der Waals surface area contributed by atoms with Crippen molar-refractivity contribution in [2.75, 3.05) is 6.54 Å². The van der Waals surface area contributed by atoms with Crippen molar-refractivity contribution < 1.29 is 4.79 Å². The molecule has 1 aromatic rings. The van der Waals surface area contributed by atoms with Gasteiger partial charge in [-0.3, -0.25) is 4.79 Å². The van der Waals surface area contributed by atoms with Crippen LogP contribution in [0.4, 0.5) is 0 Å². The summed E-state index contributed by atoms with van der Waals surface area (Å²) < 4.78 is 0. The smallest absolute Gasteiger partial charge is 0.237 e. The number of rotatable bonds is 3. The number of nitrogens with one attached hydrogen (secondary N) is 3. The lowest BCUT2D eigenvalue weighted by atomic mass is 10.0. The van der Waals surface area contributed by atoms with Gasteiger partial charge in [0.15, 0.2) is 5.82 Å². The summed E-state index contributed by atoms with van der Waals surface area (Å²) in [6, 6.07) is -0.324. The summed E-state index contributed by atoms with van der Waals surface area (Å²) in [5, 5.41) is 19.5. The van der Waals surface area contributed by atoms with Gasteiger partial charge in [-0.05, 0) is 25.8 Å². The summed E-state index contributed by atoms with van der Waals surface area (Å²) in [6.45, 7) is 4.81. The topological polar surface area (TPSA) is 95.6 Å². The molecule has 7 nitrogen and oxygen atoms in total. The van der Waals surface area contributed by atoms with E-state index >= 15 is 0 Å². The lowest BCUT2D eigenvalue weighted by Crippen LogP contribution is -2.44. The van der Waals surface area contributed by atoms with Gasteiger partial charge >= 0.3 is 0 Å². The minimum Gasteiger partial charge on any atom is -0.345 e. The Morgan fingerprint density at radius 1 is 1.62 bits per heavy atom. The standard InChI is InChI=1S/C9H16N6O/c1-5-3-4-10-7(5)9(16)11-6(2)8-12-14-15-13-8/h5-7,10H,3-4H2,1-2H3,(H,11,16)(H,12,13,14,15). The van der Waals surface area contributed by atoms with Crippen LogP contribution in [0, 0.1) is 5.92 Å². The maximum atomic E-state index is 11.9. The van der Waals surface area contributed by atoms with Crippen LogP contribution < -0.4 is 10.6 Å². The molecule has 1 saturated heterocycles. The number of hydrogen-bond acceptors (Lipinski definition) is 5. The molecule has 0 aliphatic carbocycles. The highest BCUT2D eigenvalue weighted by Crippen LogP contribution is 2.15. The Morgan fingerprint density at radius 2 is 2.44 bits per heavy atom. The summed E-state index contributed by atoms with van der Waals surface area (Å²) in [5.41, 5.74) is 0. The van der Waals surface area contributed by atoms with Gasteiger partial charge in [0, 0.05) is 0 Å². The molecule has 1 aliphatic heterocycles. The maximum Gasteiger partial charge on any atom is 0.237 e. The van der Waals surface area contributed by atoms with Crippen LogP contribution in [-0.2, 0) is 4.79 Å². The number of hydrogen-bond donors (Lipinski definition) is 3. The second kappa shape index (κ2) is 4.56. The van der Waals surface area contributed by atoms with E-state index in [0.717, 1.165) is 13.0 Å². The van der Waals surface area contributed by atoms with E-state index in [0.29, 0.717) is 11.7 Å². The third-order valence-corrected chi connectivity index (χ3v) is 2.92. The van der Waals surface area contributed by atoms with E-state index in [4.69, 9.17) is 0 Å². The number of amides is 1. The largest absolute Gasteiger partial charge is 0.345 e. The fourth-order valence-electron chi connectivity index (χ4n) is 1.91. The molecule has 1 aliphatic rings. The molecule has 0 bridgehead atoms. The van der Waals surface area contributed by atoms with Crippen molar-refractivity contribution in [1.82, 2.24) is 31.3 Å². The number of tetrazole rings is 1. The van der Waals surface area contributed by atoms with Crippen LogP contribution in [0.25, 0.3) is 0 Å². The molecule has 1 fully saturated rings. The lowest BCUT2D eigenvalue weighted by molar-refractivity contribution is -0.124. The molecule has 7 heteroatoms. The van der Waals surface area contributed by atoms with Gasteiger partial charge in [0.05, 0.1) is 12.1 Å². The molecule has 0 radical (unpaired) electrons. The van der Waals surface area contributed by atoms with Gasteiger partial charge in [0.25, 0.3) is 0 Å². The number of aromatic nitrogens is 4. The molecule has 88 valence electrons. The molecule has 2 rings (SSSR count). The predicted octanol–water partition coefficient (Wildman–Crippen LogP) is -0.625.